The van der Waals surface area contributed by atoms with Gasteiger partial charge in [-0.1, -0.05) is 5.16 Å². The number of nitrogens with zero attached hydrogens (tertiary/aromatic N) is 1. The Morgan fingerprint density at radius 2 is 2.22 bits per heavy atom. The van der Waals surface area contributed by atoms with Crippen molar-refractivity contribution in [3.63, 3.8) is 0 Å². The van der Waals surface area contributed by atoms with E-state index in [4.69, 9.17) is 10.6 Å². The summed E-state index contributed by atoms with van der Waals surface area (Å²) in [7, 11) is 0. The van der Waals surface area contributed by atoms with Crippen LogP contribution in [0.5, 0.6) is 0 Å². The molecule has 0 aliphatic heterocycles. The maximum Gasteiger partial charge on any atom is 0.122 e. The van der Waals surface area contributed by atoms with Gasteiger partial charge in [-0.15, -0.1) is 0 Å². The van der Waals surface area contributed by atoms with Crippen LogP contribution in [0, 0.1) is 0 Å². The highest BCUT2D eigenvalue weighted by molar-refractivity contribution is 5.83. The zero-order valence-corrected chi connectivity index (χ0v) is 6.22. The predicted molar refractivity (Wildman–Crippen MR) is 38.4 cm³/mol. The second kappa shape index (κ2) is 4.32. The van der Waals surface area contributed by atoms with Gasteiger partial charge >= 0.3 is 0 Å². The number of hydrogen-bond acceptors (Lipinski definition) is 3. The Labute approximate surface area is 55.9 Å². The topological polar surface area (TPSA) is 47.6 Å². The molecular formula is C6H14N2O. The summed E-state index contributed by atoms with van der Waals surface area (Å²) < 4.78 is 0. The van der Waals surface area contributed by atoms with Gasteiger partial charge in [0.1, 0.15) is 6.10 Å². The van der Waals surface area contributed by atoms with Gasteiger partial charge in [-0.05, 0) is 20.8 Å². The lowest BCUT2D eigenvalue weighted by Crippen LogP contribution is -2.11. The van der Waals surface area contributed by atoms with E-state index >= 15 is 0 Å². The van der Waals surface area contributed by atoms with E-state index in [1.165, 1.54) is 0 Å². The molecule has 0 bridgehead atoms. The van der Waals surface area contributed by atoms with Crippen LogP contribution in [0.15, 0.2) is 5.16 Å². The Kier molecular flexibility index (Phi) is 4.05. The fourth-order valence-electron chi connectivity index (χ4n) is 0.233. The van der Waals surface area contributed by atoms with Crippen molar-refractivity contribution in [2.45, 2.75) is 26.9 Å². The van der Waals surface area contributed by atoms with Crippen molar-refractivity contribution >= 4 is 5.71 Å². The van der Waals surface area contributed by atoms with Crippen molar-refractivity contribution in [2.24, 2.45) is 10.9 Å². The highest BCUT2D eigenvalue weighted by Gasteiger charge is 1.89. The van der Waals surface area contributed by atoms with Gasteiger partial charge in [0.15, 0.2) is 0 Å². The second-order valence-electron chi connectivity index (χ2n) is 2.18. The summed E-state index contributed by atoms with van der Waals surface area (Å²) in [4.78, 5) is 4.90. The van der Waals surface area contributed by atoms with E-state index in [1.54, 1.807) is 0 Å². The van der Waals surface area contributed by atoms with Crippen molar-refractivity contribution in [2.75, 3.05) is 6.54 Å². The summed E-state index contributed by atoms with van der Waals surface area (Å²) in [6.07, 6.45) is 0.145. The largest absolute Gasteiger partial charge is 0.393 e. The molecule has 2 N–H and O–H groups in total. The van der Waals surface area contributed by atoms with Crippen molar-refractivity contribution < 1.29 is 4.84 Å². The third kappa shape index (κ3) is 5.30. The minimum atomic E-state index is 0.145. The molecule has 0 heterocycles. The Bertz CT molecular complexity index is 99.2. The highest BCUT2D eigenvalue weighted by Crippen LogP contribution is 1.87. The van der Waals surface area contributed by atoms with Crippen LogP contribution < -0.4 is 5.73 Å². The monoisotopic (exact) mass is 130 g/mol. The van der Waals surface area contributed by atoms with E-state index in [2.05, 4.69) is 5.16 Å². The van der Waals surface area contributed by atoms with Gasteiger partial charge in [-0.25, -0.2) is 0 Å². The highest BCUT2D eigenvalue weighted by atomic mass is 16.6. The zero-order chi connectivity index (χ0) is 7.28. The number of oxime groups is 1. The molecule has 3 heteroatoms. The number of rotatable bonds is 3. The van der Waals surface area contributed by atoms with Crippen LogP contribution in [0.1, 0.15) is 20.8 Å². The molecule has 9 heavy (non-hydrogen) atoms. The zero-order valence-electron chi connectivity index (χ0n) is 6.22. The SMILES string of the molecule is C/C(CN)=N\OC(C)C. The molecule has 0 aromatic rings. The molecule has 0 fully saturated rings. The fourth-order valence-corrected chi connectivity index (χ4v) is 0.233. The standard InChI is InChI=1S/C6H14N2O/c1-5(2)9-8-6(3)4-7/h5H,4,7H2,1-3H3/b8-6+. The molecule has 0 aliphatic carbocycles. The molecule has 0 aliphatic rings. The molecule has 0 amide bonds. The van der Waals surface area contributed by atoms with Crippen LogP contribution in [0.2, 0.25) is 0 Å². The van der Waals surface area contributed by atoms with Gasteiger partial charge in [0.25, 0.3) is 0 Å². The van der Waals surface area contributed by atoms with Crippen LogP contribution >= 0.6 is 0 Å². The lowest BCUT2D eigenvalue weighted by atomic mass is 10.4. The smallest absolute Gasteiger partial charge is 0.122 e. The molecule has 0 atom stereocenters. The Hall–Kier alpha value is -0.570. The molecular weight excluding hydrogens is 116 g/mol. The maximum absolute atomic E-state index is 5.25. The summed E-state index contributed by atoms with van der Waals surface area (Å²) in [6, 6.07) is 0. The number of hydrogen-bond donors (Lipinski definition) is 1. The van der Waals surface area contributed by atoms with Crippen molar-refractivity contribution in [1.82, 2.24) is 0 Å². The Morgan fingerprint density at radius 3 is 2.56 bits per heavy atom. The van der Waals surface area contributed by atoms with Crippen LogP contribution in [0.25, 0.3) is 0 Å². The first-order valence-electron chi connectivity index (χ1n) is 3.06. The van der Waals surface area contributed by atoms with Gasteiger partial charge in [-0.3, -0.25) is 0 Å². The van der Waals surface area contributed by atoms with E-state index in [0.717, 1.165) is 5.71 Å². The van der Waals surface area contributed by atoms with E-state index < -0.39 is 0 Å². The first-order chi connectivity index (χ1) is 4.16. The molecule has 54 valence electrons. The van der Waals surface area contributed by atoms with Gasteiger partial charge in [0.05, 0.1) is 5.71 Å². The van der Waals surface area contributed by atoms with Crippen LogP contribution in [0.3, 0.4) is 0 Å². The number of nitrogens with two attached hydrogens (primary N) is 1. The van der Waals surface area contributed by atoms with Crippen LogP contribution in [0.4, 0.5) is 0 Å². The van der Waals surface area contributed by atoms with E-state index in [1.807, 2.05) is 20.8 Å². The fraction of sp³-hybridized carbons (Fsp3) is 0.833. The third-order valence-corrected chi connectivity index (χ3v) is 0.715. The molecule has 0 spiro atoms. The molecule has 0 aromatic heterocycles. The summed E-state index contributed by atoms with van der Waals surface area (Å²) in [6.45, 7) is 6.15. The average molecular weight is 130 g/mol. The Morgan fingerprint density at radius 1 is 1.67 bits per heavy atom. The van der Waals surface area contributed by atoms with E-state index in [-0.39, 0.29) is 6.10 Å². The predicted octanol–water partition coefficient (Wildman–Crippen LogP) is 0.746. The van der Waals surface area contributed by atoms with Crippen molar-refractivity contribution in [3.8, 4) is 0 Å². The summed E-state index contributed by atoms with van der Waals surface area (Å²) in [5.41, 5.74) is 6.07. The molecule has 0 unspecified atom stereocenters. The first kappa shape index (κ1) is 8.43. The van der Waals surface area contributed by atoms with Gasteiger partial charge in [0.2, 0.25) is 0 Å². The maximum atomic E-state index is 5.25. The third-order valence-electron chi connectivity index (χ3n) is 0.715. The lowest BCUT2D eigenvalue weighted by Gasteiger charge is -2.01. The minimum absolute atomic E-state index is 0.145. The quantitative estimate of drug-likeness (QED) is 0.452. The molecule has 0 aromatic carbocycles. The van der Waals surface area contributed by atoms with Crippen molar-refractivity contribution in [1.29, 1.82) is 0 Å². The minimum Gasteiger partial charge on any atom is -0.393 e. The van der Waals surface area contributed by atoms with Gasteiger partial charge < -0.3 is 10.6 Å². The Balaban J connectivity index is 3.43. The molecule has 0 rings (SSSR count). The molecule has 3 nitrogen and oxygen atoms in total. The van der Waals surface area contributed by atoms with Crippen LogP contribution in [-0.2, 0) is 4.84 Å². The normalized spacial score (nSPS) is 12.3. The van der Waals surface area contributed by atoms with E-state index in [9.17, 15) is 0 Å². The first-order valence-corrected chi connectivity index (χ1v) is 3.06. The second-order valence-corrected chi connectivity index (χ2v) is 2.18. The van der Waals surface area contributed by atoms with Gasteiger partial charge in [0, 0.05) is 6.54 Å². The molecule has 0 saturated heterocycles. The van der Waals surface area contributed by atoms with E-state index in [0.29, 0.717) is 6.54 Å². The van der Waals surface area contributed by atoms with Crippen LogP contribution in [-0.4, -0.2) is 18.4 Å². The summed E-state index contributed by atoms with van der Waals surface area (Å²) >= 11 is 0. The van der Waals surface area contributed by atoms with Crippen molar-refractivity contribution in [3.05, 3.63) is 0 Å². The average Bonchev–Trinajstić information content (AvgIpc) is 1.83. The summed E-state index contributed by atoms with van der Waals surface area (Å²) in [5.74, 6) is 0. The molecule has 0 saturated carbocycles. The summed E-state index contributed by atoms with van der Waals surface area (Å²) in [5, 5.41) is 3.73. The van der Waals surface area contributed by atoms with Gasteiger partial charge in [-0.2, -0.15) is 0 Å². The lowest BCUT2D eigenvalue weighted by molar-refractivity contribution is 0.0856. The molecule has 0 radical (unpaired) electrons.